The highest BCUT2D eigenvalue weighted by molar-refractivity contribution is 7.14. The van der Waals surface area contributed by atoms with Crippen LogP contribution in [-0.2, 0) is 13.0 Å². The number of ketones is 1. The molecular formula is C28H19F5O3S. The Hall–Kier alpha value is -3.98. The van der Waals surface area contributed by atoms with Crippen molar-refractivity contribution in [1.29, 1.82) is 0 Å². The van der Waals surface area contributed by atoms with Gasteiger partial charge in [-0.25, -0.2) is 13.2 Å². The molecule has 0 unspecified atom stereocenters. The molecule has 0 aliphatic heterocycles. The van der Waals surface area contributed by atoms with Crippen LogP contribution in [0.4, 0.5) is 22.0 Å². The molecule has 3 nitrogen and oxygen atoms in total. The highest BCUT2D eigenvalue weighted by Crippen LogP contribution is 2.31. The van der Waals surface area contributed by atoms with Crippen LogP contribution >= 0.6 is 11.3 Å². The fourth-order valence-corrected chi connectivity index (χ4v) is 4.49. The first-order valence-electron chi connectivity index (χ1n) is 10.9. The topological polar surface area (TPSA) is 35.5 Å². The number of thiophene rings is 1. The van der Waals surface area contributed by atoms with Gasteiger partial charge in [0.2, 0.25) is 29.1 Å². The Bertz CT molecular complexity index is 1440. The van der Waals surface area contributed by atoms with Gasteiger partial charge in [-0.3, -0.25) is 4.79 Å². The number of carbonyl (C=O) groups is 1. The molecule has 0 saturated heterocycles. The number of carbonyl (C=O) groups excluding carboxylic acids is 1. The fourth-order valence-electron chi connectivity index (χ4n) is 3.53. The summed E-state index contributed by atoms with van der Waals surface area (Å²) in [7, 11) is 1.35. The lowest BCUT2D eigenvalue weighted by Crippen LogP contribution is -2.07. The van der Waals surface area contributed by atoms with E-state index in [1.165, 1.54) is 36.7 Å². The lowest BCUT2D eigenvalue weighted by molar-refractivity contribution is 0.105. The van der Waals surface area contributed by atoms with E-state index in [2.05, 4.69) is 0 Å². The Morgan fingerprint density at radius 3 is 2.22 bits per heavy atom. The minimum absolute atomic E-state index is 0.209. The van der Waals surface area contributed by atoms with Crippen molar-refractivity contribution < 1.29 is 36.2 Å². The van der Waals surface area contributed by atoms with E-state index >= 15 is 0 Å². The third-order valence-corrected chi connectivity index (χ3v) is 6.50. The van der Waals surface area contributed by atoms with Crippen molar-refractivity contribution in [2.24, 2.45) is 0 Å². The quantitative estimate of drug-likeness (QED) is 0.0738. The van der Waals surface area contributed by atoms with Crippen LogP contribution in [0.3, 0.4) is 0 Å². The minimum Gasteiger partial charge on any atom is -0.496 e. The van der Waals surface area contributed by atoms with Crippen LogP contribution in [0.1, 0.15) is 31.2 Å². The summed E-state index contributed by atoms with van der Waals surface area (Å²) in [4.78, 5) is 14.3. The van der Waals surface area contributed by atoms with E-state index in [1.807, 2.05) is 36.4 Å². The van der Waals surface area contributed by atoms with Crippen molar-refractivity contribution in [3.63, 3.8) is 0 Å². The SMILES string of the molecule is COc1ccc(/C=C/C(=O)c2ccc(Cc3ccccc3)s2)cc1COc1c(F)c(F)c(F)c(F)c1F. The van der Waals surface area contributed by atoms with Crippen LogP contribution in [-0.4, -0.2) is 12.9 Å². The molecule has 0 aliphatic rings. The zero-order chi connectivity index (χ0) is 26.5. The highest BCUT2D eigenvalue weighted by atomic mass is 32.1. The molecule has 1 aromatic heterocycles. The van der Waals surface area contributed by atoms with Crippen molar-refractivity contribution in [2.75, 3.05) is 7.11 Å². The van der Waals surface area contributed by atoms with E-state index in [9.17, 15) is 26.7 Å². The van der Waals surface area contributed by atoms with Gasteiger partial charge in [-0.2, -0.15) is 8.78 Å². The van der Waals surface area contributed by atoms with Crippen LogP contribution < -0.4 is 9.47 Å². The number of allylic oxidation sites excluding steroid dienone is 1. The molecule has 0 N–H and O–H groups in total. The summed E-state index contributed by atoms with van der Waals surface area (Å²) in [6.07, 6.45) is 3.64. The molecule has 0 bridgehead atoms. The van der Waals surface area contributed by atoms with E-state index in [0.717, 1.165) is 10.4 Å². The fraction of sp³-hybridized carbons (Fsp3) is 0.107. The largest absolute Gasteiger partial charge is 0.496 e. The molecular weight excluding hydrogens is 511 g/mol. The average molecular weight is 531 g/mol. The third-order valence-electron chi connectivity index (χ3n) is 5.40. The molecule has 0 atom stereocenters. The number of rotatable bonds is 9. The first-order chi connectivity index (χ1) is 17.8. The number of methoxy groups -OCH3 is 1. The average Bonchev–Trinajstić information content (AvgIpc) is 3.38. The molecule has 4 aromatic rings. The lowest BCUT2D eigenvalue weighted by atomic mass is 10.1. The van der Waals surface area contributed by atoms with Crippen LogP contribution in [0.2, 0.25) is 0 Å². The first-order valence-corrected chi connectivity index (χ1v) is 11.8. The number of hydrogen-bond donors (Lipinski definition) is 0. The van der Waals surface area contributed by atoms with E-state index in [1.54, 1.807) is 18.2 Å². The molecule has 1 heterocycles. The predicted octanol–water partition coefficient (Wildman–Crippen LogP) is 7.52. The third kappa shape index (κ3) is 5.89. The van der Waals surface area contributed by atoms with Crippen molar-refractivity contribution in [2.45, 2.75) is 13.0 Å². The van der Waals surface area contributed by atoms with Gasteiger partial charge in [-0.05, 0) is 41.5 Å². The molecule has 4 rings (SSSR count). The number of halogens is 5. The Morgan fingerprint density at radius 1 is 0.865 bits per heavy atom. The number of ether oxygens (including phenoxy) is 2. The van der Waals surface area contributed by atoms with E-state index < -0.39 is 41.4 Å². The summed E-state index contributed by atoms with van der Waals surface area (Å²) < 4.78 is 78.2. The molecule has 0 amide bonds. The molecule has 0 spiro atoms. The first kappa shape index (κ1) is 26.1. The van der Waals surface area contributed by atoms with Gasteiger partial charge in [0.1, 0.15) is 12.4 Å². The standard InChI is InChI=1S/C28H19F5O3S/c1-35-21-11-8-17(13-18(21)15-36-28-26(32)24(30)23(29)25(31)27(28)33)7-10-20(34)22-12-9-19(37-22)14-16-5-3-2-4-6-16/h2-13H,14-15H2,1H3/b10-7+. The molecule has 0 radical (unpaired) electrons. The summed E-state index contributed by atoms with van der Waals surface area (Å²) in [5, 5.41) is 0. The summed E-state index contributed by atoms with van der Waals surface area (Å²) in [6.45, 7) is -0.551. The van der Waals surface area contributed by atoms with Crippen LogP contribution in [0.25, 0.3) is 6.08 Å². The van der Waals surface area contributed by atoms with Gasteiger partial charge in [0.25, 0.3) is 0 Å². The molecule has 0 saturated carbocycles. The second-order valence-electron chi connectivity index (χ2n) is 7.88. The van der Waals surface area contributed by atoms with Crippen molar-refractivity contribution in [1.82, 2.24) is 0 Å². The van der Waals surface area contributed by atoms with Crippen molar-refractivity contribution in [3.8, 4) is 11.5 Å². The van der Waals surface area contributed by atoms with E-state index in [0.29, 0.717) is 16.9 Å². The second kappa shape index (κ2) is 11.4. The summed E-state index contributed by atoms with van der Waals surface area (Å²) in [5.41, 5.74) is 1.94. The van der Waals surface area contributed by atoms with Gasteiger partial charge in [-0.15, -0.1) is 11.3 Å². The monoisotopic (exact) mass is 530 g/mol. The molecule has 3 aromatic carbocycles. The highest BCUT2D eigenvalue weighted by Gasteiger charge is 2.27. The maximum Gasteiger partial charge on any atom is 0.207 e. The van der Waals surface area contributed by atoms with Gasteiger partial charge in [0, 0.05) is 16.9 Å². The van der Waals surface area contributed by atoms with E-state index in [4.69, 9.17) is 9.47 Å². The summed E-state index contributed by atoms with van der Waals surface area (Å²) >= 11 is 1.39. The summed E-state index contributed by atoms with van der Waals surface area (Å²) in [5.74, 6) is -11.9. The Balaban J connectivity index is 1.48. The lowest BCUT2D eigenvalue weighted by Gasteiger charge is -2.13. The van der Waals surface area contributed by atoms with Gasteiger partial charge >= 0.3 is 0 Å². The zero-order valence-electron chi connectivity index (χ0n) is 19.4. The normalized spacial score (nSPS) is 11.2. The van der Waals surface area contributed by atoms with E-state index in [-0.39, 0.29) is 17.1 Å². The number of hydrogen-bond acceptors (Lipinski definition) is 4. The molecule has 37 heavy (non-hydrogen) atoms. The predicted molar refractivity (Wildman–Crippen MR) is 130 cm³/mol. The maximum atomic E-state index is 13.9. The van der Waals surface area contributed by atoms with Crippen LogP contribution in [0.5, 0.6) is 11.5 Å². The zero-order valence-corrected chi connectivity index (χ0v) is 20.2. The second-order valence-corrected chi connectivity index (χ2v) is 9.05. The van der Waals surface area contributed by atoms with Crippen LogP contribution in [0, 0.1) is 29.1 Å². The minimum atomic E-state index is -2.27. The smallest absolute Gasteiger partial charge is 0.207 e. The van der Waals surface area contributed by atoms with Gasteiger partial charge < -0.3 is 9.47 Å². The molecule has 190 valence electrons. The number of benzene rings is 3. The maximum absolute atomic E-state index is 13.9. The molecule has 0 aliphatic carbocycles. The molecule has 0 fully saturated rings. The van der Waals surface area contributed by atoms with Crippen molar-refractivity contribution >= 4 is 23.2 Å². The van der Waals surface area contributed by atoms with Crippen molar-refractivity contribution in [3.05, 3.63) is 122 Å². The Morgan fingerprint density at radius 2 is 1.54 bits per heavy atom. The molecule has 9 heteroatoms. The Labute approximate surface area is 213 Å². The van der Waals surface area contributed by atoms with Gasteiger partial charge in [0.05, 0.1) is 12.0 Å². The van der Waals surface area contributed by atoms with Gasteiger partial charge in [0.15, 0.2) is 11.5 Å². The summed E-state index contributed by atoms with van der Waals surface area (Å²) in [6, 6.07) is 18.2. The Kier molecular flexibility index (Phi) is 8.03. The van der Waals surface area contributed by atoms with Crippen LogP contribution in [0.15, 0.2) is 66.7 Å². The van der Waals surface area contributed by atoms with Gasteiger partial charge in [-0.1, -0.05) is 42.5 Å².